The van der Waals surface area contributed by atoms with Crippen LogP contribution in [-0.2, 0) is 11.2 Å². The van der Waals surface area contributed by atoms with Gasteiger partial charge in [0.1, 0.15) is 0 Å². The van der Waals surface area contributed by atoms with Crippen LogP contribution in [0.15, 0.2) is 24.3 Å². The number of hydrogen-bond donors (Lipinski definition) is 1. The van der Waals surface area contributed by atoms with Crippen LogP contribution in [-0.4, -0.2) is 25.5 Å². The van der Waals surface area contributed by atoms with Gasteiger partial charge < -0.3 is 10.2 Å². The van der Waals surface area contributed by atoms with Crippen LogP contribution in [0.5, 0.6) is 0 Å². The molecule has 0 aromatic heterocycles. The normalized spacial score (nSPS) is 18.6. The maximum atomic E-state index is 12.1. The van der Waals surface area contributed by atoms with E-state index in [1.165, 1.54) is 5.56 Å². The lowest BCUT2D eigenvalue weighted by Gasteiger charge is -2.22. The first kappa shape index (κ1) is 11.1. The van der Waals surface area contributed by atoms with Gasteiger partial charge in [0.15, 0.2) is 0 Å². The van der Waals surface area contributed by atoms with E-state index in [0.717, 1.165) is 18.7 Å². The van der Waals surface area contributed by atoms with Crippen molar-refractivity contribution >= 4 is 11.6 Å². The average Bonchev–Trinajstić information content (AvgIpc) is 2.62. The van der Waals surface area contributed by atoms with Crippen molar-refractivity contribution in [2.45, 2.75) is 25.8 Å². The highest BCUT2D eigenvalue weighted by atomic mass is 16.2. The third-order valence-electron chi connectivity index (χ3n) is 3.06. The van der Waals surface area contributed by atoms with Gasteiger partial charge in [-0.15, -0.1) is 0 Å². The zero-order valence-electron chi connectivity index (χ0n) is 9.86. The Morgan fingerprint density at radius 3 is 3.00 bits per heavy atom. The third kappa shape index (κ3) is 1.95. The molecule has 0 radical (unpaired) electrons. The zero-order valence-corrected chi connectivity index (χ0v) is 9.86. The highest BCUT2D eigenvalue weighted by molar-refractivity contribution is 5.96. The monoisotopic (exact) mass is 218 g/mol. The van der Waals surface area contributed by atoms with Gasteiger partial charge in [-0.25, -0.2) is 0 Å². The second-order valence-corrected chi connectivity index (χ2v) is 4.30. The first-order valence-corrected chi connectivity index (χ1v) is 5.78. The highest BCUT2D eigenvalue weighted by Gasteiger charge is 2.29. The number of amides is 1. The minimum atomic E-state index is 0.215. The molecule has 0 bridgehead atoms. The third-order valence-corrected chi connectivity index (χ3v) is 3.06. The van der Waals surface area contributed by atoms with Gasteiger partial charge in [-0.2, -0.15) is 0 Å². The summed E-state index contributed by atoms with van der Waals surface area (Å²) in [5, 5.41) is 3.01. The van der Waals surface area contributed by atoms with Crippen LogP contribution in [0.4, 0.5) is 5.69 Å². The molecule has 3 nitrogen and oxygen atoms in total. The van der Waals surface area contributed by atoms with E-state index in [-0.39, 0.29) is 5.91 Å². The van der Waals surface area contributed by atoms with Gasteiger partial charge in [-0.1, -0.05) is 18.2 Å². The van der Waals surface area contributed by atoms with Crippen molar-refractivity contribution in [3.8, 4) is 0 Å². The molecule has 1 aromatic carbocycles. The molecule has 0 saturated heterocycles. The summed E-state index contributed by atoms with van der Waals surface area (Å²) in [5.41, 5.74) is 2.38. The van der Waals surface area contributed by atoms with Crippen LogP contribution in [0.25, 0.3) is 0 Å². The number of fused-ring (bicyclic) bond motifs is 1. The van der Waals surface area contributed by atoms with Crippen LogP contribution >= 0.6 is 0 Å². The number of carbonyl (C=O) groups excluding carboxylic acids is 1. The predicted octanol–water partition coefficient (Wildman–Crippen LogP) is 1.57. The Hall–Kier alpha value is -1.35. The van der Waals surface area contributed by atoms with Crippen LogP contribution in [0.1, 0.15) is 18.9 Å². The number of benzene rings is 1. The zero-order chi connectivity index (χ0) is 11.5. The highest BCUT2D eigenvalue weighted by Crippen LogP contribution is 2.31. The topological polar surface area (TPSA) is 32.3 Å². The van der Waals surface area contributed by atoms with Crippen molar-refractivity contribution in [2.24, 2.45) is 0 Å². The fourth-order valence-electron chi connectivity index (χ4n) is 2.30. The largest absolute Gasteiger partial charge is 0.319 e. The van der Waals surface area contributed by atoms with E-state index in [9.17, 15) is 4.79 Å². The van der Waals surface area contributed by atoms with Crippen LogP contribution < -0.4 is 10.2 Å². The lowest BCUT2D eigenvalue weighted by Crippen LogP contribution is -2.37. The molecule has 16 heavy (non-hydrogen) atoms. The Balaban J connectivity index is 2.18. The van der Waals surface area contributed by atoms with Crippen LogP contribution in [0.3, 0.4) is 0 Å². The molecule has 1 aliphatic rings. The molecular weight excluding hydrogens is 200 g/mol. The summed E-state index contributed by atoms with van der Waals surface area (Å²) in [6, 6.07) is 8.47. The summed E-state index contributed by atoms with van der Waals surface area (Å²) in [7, 11) is 1.87. The number of nitrogens with zero attached hydrogens (tertiary/aromatic N) is 1. The fourth-order valence-corrected chi connectivity index (χ4v) is 2.30. The van der Waals surface area contributed by atoms with Crippen LogP contribution in [0.2, 0.25) is 0 Å². The van der Waals surface area contributed by atoms with Gasteiger partial charge in [-0.3, -0.25) is 4.79 Å². The van der Waals surface area contributed by atoms with Crippen molar-refractivity contribution < 1.29 is 4.79 Å². The summed E-state index contributed by atoms with van der Waals surface area (Å²) in [5.74, 6) is 0.215. The smallest absolute Gasteiger partial charge is 0.228 e. The molecule has 1 amide bonds. The Bertz CT molecular complexity index is 389. The van der Waals surface area contributed by atoms with Gasteiger partial charge >= 0.3 is 0 Å². The lowest BCUT2D eigenvalue weighted by molar-refractivity contribution is -0.118. The van der Waals surface area contributed by atoms with Crippen molar-refractivity contribution in [1.82, 2.24) is 5.32 Å². The van der Waals surface area contributed by atoms with E-state index in [0.29, 0.717) is 12.5 Å². The summed E-state index contributed by atoms with van der Waals surface area (Å²) in [6.07, 6.45) is 1.54. The van der Waals surface area contributed by atoms with Crippen molar-refractivity contribution in [2.75, 3.05) is 18.5 Å². The van der Waals surface area contributed by atoms with Crippen molar-refractivity contribution in [3.05, 3.63) is 29.8 Å². The second-order valence-electron chi connectivity index (χ2n) is 4.30. The first-order valence-electron chi connectivity index (χ1n) is 5.78. The summed E-state index contributed by atoms with van der Waals surface area (Å²) in [6.45, 7) is 2.85. The second kappa shape index (κ2) is 4.66. The van der Waals surface area contributed by atoms with Crippen molar-refractivity contribution in [1.29, 1.82) is 0 Å². The molecule has 0 fully saturated rings. The Morgan fingerprint density at radius 1 is 1.50 bits per heavy atom. The Kier molecular flexibility index (Phi) is 3.25. The molecule has 0 aliphatic carbocycles. The van der Waals surface area contributed by atoms with Crippen LogP contribution in [0, 0.1) is 0 Å². The Morgan fingerprint density at radius 2 is 2.25 bits per heavy atom. The molecule has 86 valence electrons. The molecular formula is C13H18N2O. The molecule has 1 aromatic rings. The molecule has 3 heteroatoms. The quantitative estimate of drug-likeness (QED) is 0.835. The molecule has 1 N–H and O–H groups in total. The number of hydrogen-bond acceptors (Lipinski definition) is 2. The summed E-state index contributed by atoms with van der Waals surface area (Å²) in [4.78, 5) is 14.0. The van der Waals surface area contributed by atoms with Gasteiger partial charge in [0, 0.05) is 24.7 Å². The molecule has 1 aliphatic heterocycles. The molecule has 1 unspecified atom stereocenters. The number of nitrogens with one attached hydrogen (secondary N) is 1. The van der Waals surface area contributed by atoms with E-state index in [1.807, 2.05) is 30.1 Å². The van der Waals surface area contributed by atoms with E-state index >= 15 is 0 Å². The maximum Gasteiger partial charge on any atom is 0.228 e. The van der Waals surface area contributed by atoms with Gasteiger partial charge in [0.2, 0.25) is 5.91 Å². The Labute approximate surface area is 96.5 Å². The van der Waals surface area contributed by atoms with Gasteiger partial charge in [0.25, 0.3) is 0 Å². The van der Waals surface area contributed by atoms with E-state index in [2.05, 4.69) is 18.3 Å². The molecule has 1 heterocycles. The lowest BCUT2D eigenvalue weighted by atomic mass is 10.1. The van der Waals surface area contributed by atoms with Gasteiger partial charge in [0.05, 0.1) is 0 Å². The SMILES string of the molecule is CNCCC(=O)N1c2ccccc2CC1C. The minimum Gasteiger partial charge on any atom is -0.319 e. The molecule has 1 atom stereocenters. The average molecular weight is 218 g/mol. The molecule has 2 rings (SSSR count). The predicted molar refractivity (Wildman–Crippen MR) is 65.6 cm³/mol. The number of rotatable bonds is 3. The van der Waals surface area contributed by atoms with Crippen molar-refractivity contribution in [3.63, 3.8) is 0 Å². The fraction of sp³-hybridized carbons (Fsp3) is 0.462. The van der Waals surface area contributed by atoms with E-state index in [4.69, 9.17) is 0 Å². The number of anilines is 1. The van der Waals surface area contributed by atoms with E-state index < -0.39 is 0 Å². The summed E-state index contributed by atoms with van der Waals surface area (Å²) >= 11 is 0. The standard InChI is InChI=1S/C13H18N2O/c1-10-9-11-5-3-4-6-12(11)15(10)13(16)7-8-14-2/h3-6,10,14H,7-9H2,1-2H3. The number of para-hydroxylation sites is 1. The minimum absolute atomic E-state index is 0.215. The molecule has 0 saturated carbocycles. The van der Waals surface area contributed by atoms with Gasteiger partial charge in [-0.05, 0) is 32.0 Å². The summed E-state index contributed by atoms with van der Waals surface area (Å²) < 4.78 is 0. The molecule has 0 spiro atoms. The first-order chi connectivity index (χ1) is 7.74. The maximum absolute atomic E-state index is 12.1. The van der Waals surface area contributed by atoms with E-state index in [1.54, 1.807) is 0 Å². The number of carbonyl (C=O) groups is 1.